The number of amides is 1. The van der Waals surface area contributed by atoms with E-state index in [1.54, 1.807) is 6.20 Å². The van der Waals surface area contributed by atoms with Gasteiger partial charge in [0.2, 0.25) is 5.95 Å². The van der Waals surface area contributed by atoms with Gasteiger partial charge < -0.3 is 19.9 Å². The molecule has 1 saturated carbocycles. The molecular formula is C22H34N6O2. The molecule has 1 fully saturated rings. The minimum absolute atomic E-state index is 0.147. The normalized spacial score (nSPS) is 19.6. The van der Waals surface area contributed by atoms with E-state index in [9.17, 15) is 4.79 Å². The highest BCUT2D eigenvalue weighted by Crippen LogP contribution is 2.25. The minimum Gasteiger partial charge on any atom is -0.444 e. The van der Waals surface area contributed by atoms with Crippen LogP contribution in [0.2, 0.25) is 0 Å². The zero-order valence-electron chi connectivity index (χ0n) is 18.9. The quantitative estimate of drug-likeness (QED) is 0.749. The predicted octanol–water partition coefficient (Wildman–Crippen LogP) is 4.48. The molecule has 1 amide bonds. The van der Waals surface area contributed by atoms with E-state index in [1.807, 2.05) is 40.0 Å². The summed E-state index contributed by atoms with van der Waals surface area (Å²) >= 11 is 0. The van der Waals surface area contributed by atoms with Gasteiger partial charge in [-0.2, -0.15) is 0 Å². The van der Waals surface area contributed by atoms with E-state index in [4.69, 9.17) is 9.72 Å². The summed E-state index contributed by atoms with van der Waals surface area (Å²) in [7, 11) is 0. The SMILES string of the molecule is Cc1ncc(-c2ccnc(NC3CCC(NC(=O)OC(C)(C)C)CC3)n2)n1C(C)C. The van der Waals surface area contributed by atoms with Crippen molar-refractivity contribution in [1.82, 2.24) is 24.8 Å². The summed E-state index contributed by atoms with van der Waals surface area (Å²) in [5, 5.41) is 6.44. The second-order valence-electron chi connectivity index (χ2n) is 9.26. The Morgan fingerprint density at radius 1 is 1.17 bits per heavy atom. The van der Waals surface area contributed by atoms with Crippen molar-refractivity contribution in [2.45, 2.75) is 91.0 Å². The van der Waals surface area contributed by atoms with Gasteiger partial charge in [0.15, 0.2) is 0 Å². The number of hydrogen-bond donors (Lipinski definition) is 2. The van der Waals surface area contributed by atoms with E-state index < -0.39 is 5.60 Å². The number of hydrogen-bond acceptors (Lipinski definition) is 6. The Balaban J connectivity index is 1.58. The van der Waals surface area contributed by atoms with Crippen LogP contribution in [0.1, 0.15) is 72.2 Å². The smallest absolute Gasteiger partial charge is 0.407 e. The van der Waals surface area contributed by atoms with Gasteiger partial charge in [0.05, 0.1) is 17.6 Å². The number of carbonyl (C=O) groups is 1. The molecule has 0 radical (unpaired) electrons. The van der Waals surface area contributed by atoms with Gasteiger partial charge in [-0.25, -0.2) is 19.7 Å². The minimum atomic E-state index is -0.477. The molecule has 1 aliphatic rings. The van der Waals surface area contributed by atoms with Gasteiger partial charge in [-0.05, 0) is 73.3 Å². The molecule has 2 aromatic heterocycles. The number of carbonyl (C=O) groups excluding carboxylic acids is 1. The van der Waals surface area contributed by atoms with Crippen molar-refractivity contribution in [3.63, 3.8) is 0 Å². The molecule has 8 heteroatoms. The van der Waals surface area contributed by atoms with Gasteiger partial charge in [0.1, 0.15) is 11.4 Å². The van der Waals surface area contributed by atoms with E-state index >= 15 is 0 Å². The Bertz CT molecular complexity index is 863. The first kappa shape index (κ1) is 22.1. The number of rotatable bonds is 5. The fraction of sp³-hybridized carbons (Fsp3) is 0.636. The van der Waals surface area contributed by atoms with Crippen LogP contribution < -0.4 is 10.6 Å². The van der Waals surface area contributed by atoms with Gasteiger partial charge in [-0.3, -0.25) is 0 Å². The Morgan fingerprint density at radius 2 is 1.83 bits per heavy atom. The molecule has 3 rings (SSSR count). The van der Waals surface area contributed by atoms with Crippen molar-refractivity contribution in [2.75, 3.05) is 5.32 Å². The van der Waals surface area contributed by atoms with Crippen LogP contribution in [-0.4, -0.2) is 43.3 Å². The maximum atomic E-state index is 12.0. The van der Waals surface area contributed by atoms with Crippen LogP contribution in [0.3, 0.4) is 0 Å². The zero-order chi connectivity index (χ0) is 21.9. The van der Waals surface area contributed by atoms with Gasteiger partial charge in [0, 0.05) is 24.3 Å². The average molecular weight is 415 g/mol. The molecule has 0 aromatic carbocycles. The summed E-state index contributed by atoms with van der Waals surface area (Å²) in [6.07, 6.45) is 6.99. The molecule has 164 valence electrons. The number of aryl methyl sites for hydroxylation is 1. The molecule has 0 spiro atoms. The van der Waals surface area contributed by atoms with Gasteiger partial charge in [-0.1, -0.05) is 0 Å². The molecule has 30 heavy (non-hydrogen) atoms. The number of aromatic nitrogens is 4. The van der Waals surface area contributed by atoms with Crippen LogP contribution in [0.5, 0.6) is 0 Å². The molecule has 2 heterocycles. The van der Waals surface area contributed by atoms with E-state index in [1.165, 1.54) is 0 Å². The number of ether oxygens (including phenoxy) is 1. The highest BCUT2D eigenvalue weighted by Gasteiger charge is 2.25. The number of alkyl carbamates (subject to hydrolysis) is 1. The molecule has 0 unspecified atom stereocenters. The lowest BCUT2D eigenvalue weighted by molar-refractivity contribution is 0.0492. The van der Waals surface area contributed by atoms with Crippen molar-refractivity contribution < 1.29 is 9.53 Å². The molecule has 8 nitrogen and oxygen atoms in total. The fourth-order valence-corrected chi connectivity index (χ4v) is 3.90. The third-order valence-electron chi connectivity index (χ3n) is 5.20. The first-order valence-electron chi connectivity index (χ1n) is 10.8. The van der Waals surface area contributed by atoms with Gasteiger partial charge >= 0.3 is 6.09 Å². The number of nitrogens with one attached hydrogen (secondary N) is 2. The lowest BCUT2D eigenvalue weighted by Crippen LogP contribution is -2.42. The molecule has 0 bridgehead atoms. The van der Waals surface area contributed by atoms with Crippen LogP contribution in [0, 0.1) is 6.92 Å². The third kappa shape index (κ3) is 5.70. The summed E-state index contributed by atoms with van der Waals surface area (Å²) in [6.45, 7) is 11.9. The Morgan fingerprint density at radius 3 is 2.47 bits per heavy atom. The molecule has 1 aliphatic carbocycles. The van der Waals surface area contributed by atoms with Crippen molar-refractivity contribution in [3.8, 4) is 11.4 Å². The summed E-state index contributed by atoms with van der Waals surface area (Å²) in [5.41, 5.74) is 1.38. The Kier molecular flexibility index (Phi) is 6.63. The van der Waals surface area contributed by atoms with E-state index in [0.717, 1.165) is 42.9 Å². The van der Waals surface area contributed by atoms with Crippen LogP contribution in [0.4, 0.5) is 10.7 Å². The van der Waals surface area contributed by atoms with E-state index in [2.05, 4.69) is 39.0 Å². The first-order chi connectivity index (χ1) is 14.1. The van der Waals surface area contributed by atoms with E-state index in [0.29, 0.717) is 12.0 Å². The maximum absolute atomic E-state index is 12.0. The van der Waals surface area contributed by atoms with Gasteiger partial charge in [-0.15, -0.1) is 0 Å². The van der Waals surface area contributed by atoms with Crippen molar-refractivity contribution in [2.24, 2.45) is 0 Å². The number of anilines is 1. The van der Waals surface area contributed by atoms with Crippen molar-refractivity contribution >= 4 is 12.0 Å². The highest BCUT2D eigenvalue weighted by atomic mass is 16.6. The Hall–Kier alpha value is -2.64. The van der Waals surface area contributed by atoms with Gasteiger partial charge in [0.25, 0.3) is 0 Å². The maximum Gasteiger partial charge on any atom is 0.407 e. The van der Waals surface area contributed by atoms with Crippen LogP contribution in [0.15, 0.2) is 18.5 Å². The second kappa shape index (κ2) is 9.02. The highest BCUT2D eigenvalue weighted by molar-refractivity contribution is 5.68. The molecule has 2 N–H and O–H groups in total. The standard InChI is InChI=1S/C22H34N6O2/c1-14(2)28-15(3)24-13-19(28)18-11-12-23-20(27-18)25-16-7-9-17(10-8-16)26-21(29)30-22(4,5)6/h11-14,16-17H,7-10H2,1-6H3,(H,26,29)(H,23,25,27). The summed E-state index contributed by atoms with van der Waals surface area (Å²) in [5.74, 6) is 1.61. The fourth-order valence-electron chi connectivity index (χ4n) is 3.90. The summed E-state index contributed by atoms with van der Waals surface area (Å²) in [4.78, 5) is 25.6. The predicted molar refractivity (Wildman–Crippen MR) is 117 cm³/mol. The zero-order valence-corrected chi connectivity index (χ0v) is 18.9. The van der Waals surface area contributed by atoms with Crippen molar-refractivity contribution in [1.29, 1.82) is 0 Å². The lowest BCUT2D eigenvalue weighted by Gasteiger charge is -2.30. The van der Waals surface area contributed by atoms with E-state index in [-0.39, 0.29) is 18.2 Å². The molecule has 0 atom stereocenters. The lowest BCUT2D eigenvalue weighted by atomic mass is 9.91. The first-order valence-corrected chi connectivity index (χ1v) is 10.8. The molecule has 0 saturated heterocycles. The topological polar surface area (TPSA) is 94.0 Å². The van der Waals surface area contributed by atoms with Crippen LogP contribution in [0.25, 0.3) is 11.4 Å². The molecule has 2 aromatic rings. The molecular weight excluding hydrogens is 380 g/mol. The van der Waals surface area contributed by atoms with Crippen molar-refractivity contribution in [3.05, 3.63) is 24.3 Å². The largest absolute Gasteiger partial charge is 0.444 e. The number of imidazole rings is 1. The average Bonchev–Trinajstić information content (AvgIpc) is 3.04. The van der Waals surface area contributed by atoms with Crippen LogP contribution >= 0.6 is 0 Å². The third-order valence-corrected chi connectivity index (χ3v) is 5.20. The summed E-state index contributed by atoms with van der Waals surface area (Å²) < 4.78 is 7.53. The monoisotopic (exact) mass is 414 g/mol. The molecule has 0 aliphatic heterocycles. The summed E-state index contributed by atoms with van der Waals surface area (Å²) in [6, 6.07) is 2.66. The van der Waals surface area contributed by atoms with Crippen LogP contribution in [-0.2, 0) is 4.74 Å². The Labute approximate surface area is 178 Å². The second-order valence-corrected chi connectivity index (χ2v) is 9.26. The number of nitrogens with zero attached hydrogens (tertiary/aromatic N) is 4.